The second-order valence-corrected chi connectivity index (χ2v) is 4.46. The van der Waals surface area contributed by atoms with Gasteiger partial charge in [0.25, 0.3) is 0 Å². The van der Waals surface area contributed by atoms with Gasteiger partial charge in [-0.2, -0.15) is 0 Å². The van der Waals surface area contributed by atoms with Crippen molar-refractivity contribution < 1.29 is 5.11 Å². The maximum absolute atomic E-state index is 9.48. The quantitative estimate of drug-likeness (QED) is 0.748. The Morgan fingerprint density at radius 3 is 2.63 bits per heavy atom. The highest BCUT2D eigenvalue weighted by atomic mass is 16.3. The van der Waals surface area contributed by atoms with E-state index in [4.69, 9.17) is 0 Å². The van der Waals surface area contributed by atoms with Crippen LogP contribution in [0.4, 0.5) is 0 Å². The maximum atomic E-state index is 9.48. The summed E-state index contributed by atoms with van der Waals surface area (Å²) in [6.45, 7) is 0. The van der Waals surface area contributed by atoms with Gasteiger partial charge < -0.3 is 10.1 Å². The summed E-state index contributed by atoms with van der Waals surface area (Å²) in [5, 5.41) is 9.48. The Hall–Kier alpha value is -2.55. The van der Waals surface area contributed by atoms with Gasteiger partial charge in [0.1, 0.15) is 11.6 Å². The number of phenolic OH excluding ortho intramolecular Hbond substituents is 1. The van der Waals surface area contributed by atoms with Gasteiger partial charge in [-0.3, -0.25) is 0 Å². The van der Waals surface area contributed by atoms with Gasteiger partial charge in [-0.05, 0) is 17.7 Å². The molecule has 3 rings (SSSR count). The molecule has 3 nitrogen and oxygen atoms in total. The third-order valence-corrected chi connectivity index (χ3v) is 3.00. The van der Waals surface area contributed by atoms with Crippen molar-refractivity contribution in [2.24, 2.45) is 0 Å². The van der Waals surface area contributed by atoms with Gasteiger partial charge in [-0.1, -0.05) is 42.5 Å². The molecule has 0 radical (unpaired) electrons. The fraction of sp³-hybridized carbons (Fsp3) is 0.0625. The van der Waals surface area contributed by atoms with E-state index in [9.17, 15) is 5.11 Å². The molecular formula is C16H14N2O. The van der Waals surface area contributed by atoms with E-state index in [1.165, 1.54) is 5.56 Å². The molecule has 3 aromatic rings. The van der Waals surface area contributed by atoms with Crippen LogP contribution in [0.2, 0.25) is 0 Å². The van der Waals surface area contributed by atoms with Crippen molar-refractivity contribution in [3.8, 4) is 17.0 Å². The molecule has 0 aliphatic rings. The summed E-state index contributed by atoms with van der Waals surface area (Å²) in [6, 6.07) is 17.4. The van der Waals surface area contributed by atoms with E-state index in [1.54, 1.807) is 18.3 Å². The average Bonchev–Trinajstić information content (AvgIpc) is 2.88. The highest BCUT2D eigenvalue weighted by molar-refractivity contribution is 5.60. The lowest BCUT2D eigenvalue weighted by Gasteiger charge is -1.99. The molecule has 2 N–H and O–H groups in total. The zero-order chi connectivity index (χ0) is 13.1. The number of phenols is 1. The van der Waals surface area contributed by atoms with Crippen molar-refractivity contribution in [2.75, 3.05) is 0 Å². The number of aromatic hydroxyl groups is 1. The fourth-order valence-electron chi connectivity index (χ4n) is 2.06. The third kappa shape index (κ3) is 2.65. The first-order valence-electron chi connectivity index (χ1n) is 6.18. The van der Waals surface area contributed by atoms with Crippen LogP contribution in [0.5, 0.6) is 5.75 Å². The average molecular weight is 250 g/mol. The van der Waals surface area contributed by atoms with Gasteiger partial charge in [0.15, 0.2) is 0 Å². The van der Waals surface area contributed by atoms with Crippen LogP contribution >= 0.6 is 0 Å². The first-order valence-corrected chi connectivity index (χ1v) is 6.18. The first-order chi connectivity index (χ1) is 9.31. The van der Waals surface area contributed by atoms with E-state index in [2.05, 4.69) is 22.1 Å². The Morgan fingerprint density at radius 1 is 1.00 bits per heavy atom. The normalized spacial score (nSPS) is 10.5. The van der Waals surface area contributed by atoms with E-state index >= 15 is 0 Å². The minimum Gasteiger partial charge on any atom is -0.508 e. The van der Waals surface area contributed by atoms with Crippen LogP contribution < -0.4 is 0 Å². The Bertz CT molecular complexity index is 674. The summed E-state index contributed by atoms with van der Waals surface area (Å²) in [6.07, 6.45) is 2.58. The minimum atomic E-state index is 0.261. The summed E-state index contributed by atoms with van der Waals surface area (Å²) in [4.78, 5) is 7.66. The molecule has 1 aromatic heterocycles. The minimum absolute atomic E-state index is 0.261. The molecule has 94 valence electrons. The molecule has 0 aliphatic heterocycles. The van der Waals surface area contributed by atoms with Crippen LogP contribution in [-0.4, -0.2) is 15.1 Å². The lowest BCUT2D eigenvalue weighted by molar-refractivity contribution is 0.475. The summed E-state index contributed by atoms with van der Waals surface area (Å²) < 4.78 is 0. The summed E-state index contributed by atoms with van der Waals surface area (Å²) in [5.41, 5.74) is 3.08. The molecule has 0 fully saturated rings. The maximum Gasteiger partial charge on any atom is 0.116 e. The van der Waals surface area contributed by atoms with Gasteiger partial charge in [0.05, 0.1) is 11.9 Å². The Kier molecular flexibility index (Phi) is 3.02. The molecule has 0 aliphatic carbocycles. The molecule has 0 bridgehead atoms. The second kappa shape index (κ2) is 4.98. The Balaban J connectivity index is 1.84. The predicted molar refractivity (Wildman–Crippen MR) is 74.9 cm³/mol. The summed E-state index contributed by atoms with van der Waals surface area (Å²) >= 11 is 0. The largest absolute Gasteiger partial charge is 0.508 e. The van der Waals surface area contributed by atoms with Crippen molar-refractivity contribution in [1.82, 2.24) is 9.97 Å². The van der Waals surface area contributed by atoms with Crippen LogP contribution in [0.1, 0.15) is 11.4 Å². The van der Waals surface area contributed by atoms with E-state index in [-0.39, 0.29) is 5.75 Å². The van der Waals surface area contributed by atoms with Gasteiger partial charge in [0.2, 0.25) is 0 Å². The molecule has 0 spiro atoms. The first kappa shape index (κ1) is 11.5. The SMILES string of the molecule is Oc1cccc(-c2cnc(Cc3ccccc3)[nH]2)c1. The van der Waals surface area contributed by atoms with E-state index in [0.29, 0.717) is 0 Å². The lowest BCUT2D eigenvalue weighted by atomic mass is 10.1. The topological polar surface area (TPSA) is 48.9 Å². The molecular weight excluding hydrogens is 236 g/mol. The van der Waals surface area contributed by atoms with E-state index in [1.807, 2.05) is 30.3 Å². The van der Waals surface area contributed by atoms with Crippen molar-refractivity contribution in [1.29, 1.82) is 0 Å². The van der Waals surface area contributed by atoms with Crippen molar-refractivity contribution >= 4 is 0 Å². The monoisotopic (exact) mass is 250 g/mol. The number of nitrogens with zero attached hydrogens (tertiary/aromatic N) is 1. The summed E-state index contributed by atoms with van der Waals surface area (Å²) in [7, 11) is 0. The number of rotatable bonds is 3. The second-order valence-electron chi connectivity index (χ2n) is 4.46. The van der Waals surface area contributed by atoms with Gasteiger partial charge >= 0.3 is 0 Å². The third-order valence-electron chi connectivity index (χ3n) is 3.00. The smallest absolute Gasteiger partial charge is 0.116 e. The zero-order valence-electron chi connectivity index (χ0n) is 10.4. The van der Waals surface area contributed by atoms with Crippen LogP contribution in [0.25, 0.3) is 11.3 Å². The summed E-state index contributed by atoms with van der Waals surface area (Å²) in [5.74, 6) is 1.18. The standard InChI is InChI=1S/C16H14N2O/c19-14-8-4-7-13(10-14)15-11-17-16(18-15)9-12-5-2-1-3-6-12/h1-8,10-11,19H,9H2,(H,17,18). The van der Waals surface area contributed by atoms with Crippen molar-refractivity contribution in [3.63, 3.8) is 0 Å². The highest BCUT2D eigenvalue weighted by Gasteiger charge is 2.04. The number of benzene rings is 2. The highest BCUT2D eigenvalue weighted by Crippen LogP contribution is 2.21. The predicted octanol–water partition coefficient (Wildman–Crippen LogP) is 3.37. The van der Waals surface area contributed by atoms with Crippen LogP contribution in [0, 0.1) is 0 Å². The van der Waals surface area contributed by atoms with Gasteiger partial charge in [-0.25, -0.2) is 4.98 Å². The number of hydrogen-bond donors (Lipinski definition) is 2. The number of imidazole rings is 1. The van der Waals surface area contributed by atoms with Gasteiger partial charge in [0, 0.05) is 12.0 Å². The van der Waals surface area contributed by atoms with Crippen LogP contribution in [-0.2, 0) is 6.42 Å². The van der Waals surface area contributed by atoms with Crippen molar-refractivity contribution in [3.05, 3.63) is 72.2 Å². The lowest BCUT2D eigenvalue weighted by Crippen LogP contribution is -1.90. The zero-order valence-corrected chi connectivity index (χ0v) is 10.4. The molecule has 0 saturated heterocycles. The molecule has 0 atom stereocenters. The number of aromatic nitrogens is 2. The number of H-pyrrole nitrogens is 1. The molecule has 3 heteroatoms. The molecule has 0 saturated carbocycles. The van der Waals surface area contributed by atoms with Crippen LogP contribution in [0.15, 0.2) is 60.8 Å². The fourth-order valence-corrected chi connectivity index (χ4v) is 2.06. The van der Waals surface area contributed by atoms with Gasteiger partial charge in [-0.15, -0.1) is 0 Å². The van der Waals surface area contributed by atoms with E-state index in [0.717, 1.165) is 23.5 Å². The Labute approximate surface area is 111 Å². The van der Waals surface area contributed by atoms with Crippen molar-refractivity contribution in [2.45, 2.75) is 6.42 Å². The number of nitrogens with one attached hydrogen (secondary N) is 1. The molecule has 19 heavy (non-hydrogen) atoms. The molecule has 2 aromatic carbocycles. The van der Waals surface area contributed by atoms with Crippen LogP contribution in [0.3, 0.4) is 0 Å². The number of hydrogen-bond acceptors (Lipinski definition) is 2. The number of aromatic amines is 1. The van der Waals surface area contributed by atoms with E-state index < -0.39 is 0 Å². The molecule has 1 heterocycles. The molecule has 0 unspecified atom stereocenters. The Morgan fingerprint density at radius 2 is 1.84 bits per heavy atom. The molecule has 0 amide bonds.